The number of aromatic nitrogens is 1. The van der Waals surface area contributed by atoms with Crippen molar-refractivity contribution in [2.45, 2.75) is 77.7 Å². The van der Waals surface area contributed by atoms with Gasteiger partial charge in [0.2, 0.25) is 5.91 Å². The molecule has 9 heteroatoms. The lowest BCUT2D eigenvalue weighted by atomic mass is 10.0. The summed E-state index contributed by atoms with van der Waals surface area (Å²) in [6.45, 7) is 15.6. The standard InChI is InChI=1S/C31H42N4O5/c1-7-9-10-16-39-28(20(3)4)29(36)33-21(5)30(37)35-15-11-12-27(34-35)31(38)40-22(6)23-13-14-24-19-32-26(8-2)18-25(24)17-23/h7-8,13-14,17-22,27-28,34H,1-2,9-12,15-16H2,3-6H3,(H,33,36). The molecule has 3 rings (SSSR count). The van der Waals surface area contributed by atoms with Gasteiger partial charge in [0.15, 0.2) is 0 Å². The van der Waals surface area contributed by atoms with Crippen molar-refractivity contribution in [3.05, 3.63) is 61.0 Å². The molecule has 4 atom stereocenters. The maximum absolute atomic E-state index is 13.1. The number of nitrogens with one attached hydrogen (secondary N) is 2. The van der Waals surface area contributed by atoms with E-state index >= 15 is 0 Å². The van der Waals surface area contributed by atoms with Crippen molar-refractivity contribution in [3.63, 3.8) is 0 Å². The molecule has 2 N–H and O–H groups in total. The van der Waals surface area contributed by atoms with E-state index in [9.17, 15) is 14.4 Å². The van der Waals surface area contributed by atoms with Gasteiger partial charge in [-0.1, -0.05) is 38.6 Å². The first-order valence-electron chi connectivity index (χ1n) is 14.0. The Kier molecular flexibility index (Phi) is 11.4. The third kappa shape index (κ3) is 8.22. The second kappa shape index (κ2) is 14.7. The molecule has 4 unspecified atom stereocenters. The molecule has 1 aliphatic heterocycles. The van der Waals surface area contributed by atoms with Gasteiger partial charge < -0.3 is 14.8 Å². The Labute approximate surface area is 237 Å². The average molecular weight is 551 g/mol. The fourth-order valence-corrected chi connectivity index (χ4v) is 4.58. The van der Waals surface area contributed by atoms with Crippen molar-refractivity contribution in [2.24, 2.45) is 5.92 Å². The number of nitrogens with zero attached hydrogens (tertiary/aromatic N) is 2. The fraction of sp³-hybridized carbons (Fsp3) is 0.484. The largest absolute Gasteiger partial charge is 0.457 e. The Morgan fingerprint density at radius 2 is 1.95 bits per heavy atom. The predicted molar refractivity (Wildman–Crippen MR) is 156 cm³/mol. The molecule has 0 saturated carbocycles. The predicted octanol–water partition coefficient (Wildman–Crippen LogP) is 4.49. The first-order valence-corrected chi connectivity index (χ1v) is 14.0. The molecule has 2 amide bonds. The molecule has 2 heterocycles. The Morgan fingerprint density at radius 3 is 2.65 bits per heavy atom. The topological polar surface area (TPSA) is 110 Å². The van der Waals surface area contributed by atoms with Crippen molar-refractivity contribution in [2.75, 3.05) is 13.2 Å². The molecule has 1 aromatic heterocycles. The number of amides is 2. The minimum absolute atomic E-state index is 0.0522. The second-order valence-corrected chi connectivity index (χ2v) is 10.5. The zero-order valence-electron chi connectivity index (χ0n) is 24.0. The van der Waals surface area contributed by atoms with Gasteiger partial charge in [0.1, 0.15) is 24.3 Å². The molecule has 1 aromatic carbocycles. The first kappa shape index (κ1) is 31.0. The van der Waals surface area contributed by atoms with E-state index in [0.29, 0.717) is 26.0 Å². The molecular formula is C31H42N4O5. The number of hydrogen-bond donors (Lipinski definition) is 2. The lowest BCUT2D eigenvalue weighted by Crippen LogP contribution is -2.60. The lowest BCUT2D eigenvalue weighted by molar-refractivity contribution is -0.157. The molecule has 216 valence electrons. The second-order valence-electron chi connectivity index (χ2n) is 10.5. The number of fused-ring (bicyclic) bond motifs is 1. The van der Waals surface area contributed by atoms with Gasteiger partial charge in [-0.15, -0.1) is 6.58 Å². The van der Waals surface area contributed by atoms with Crippen LogP contribution in [-0.4, -0.2) is 59.1 Å². The summed E-state index contributed by atoms with van der Waals surface area (Å²) in [5, 5.41) is 6.15. The van der Waals surface area contributed by atoms with Crippen molar-refractivity contribution < 1.29 is 23.9 Å². The number of rotatable bonds is 13. The molecule has 2 aromatic rings. The van der Waals surface area contributed by atoms with E-state index in [1.165, 1.54) is 5.01 Å². The Balaban J connectivity index is 1.56. The van der Waals surface area contributed by atoms with Crippen LogP contribution in [0.3, 0.4) is 0 Å². The maximum atomic E-state index is 13.1. The first-order chi connectivity index (χ1) is 19.1. The third-order valence-corrected chi connectivity index (χ3v) is 6.92. The van der Waals surface area contributed by atoms with Crippen LogP contribution in [0.15, 0.2) is 49.7 Å². The van der Waals surface area contributed by atoms with Crippen molar-refractivity contribution in [1.29, 1.82) is 0 Å². The zero-order valence-corrected chi connectivity index (χ0v) is 24.0. The van der Waals surface area contributed by atoms with E-state index in [0.717, 1.165) is 34.9 Å². The minimum atomic E-state index is -0.792. The zero-order chi connectivity index (χ0) is 29.2. The molecule has 9 nitrogen and oxygen atoms in total. The van der Waals surface area contributed by atoms with Crippen LogP contribution in [-0.2, 0) is 23.9 Å². The smallest absolute Gasteiger partial charge is 0.325 e. The summed E-state index contributed by atoms with van der Waals surface area (Å²) in [7, 11) is 0. The molecule has 1 saturated heterocycles. The van der Waals surface area contributed by atoms with E-state index in [-0.39, 0.29) is 17.7 Å². The highest BCUT2D eigenvalue weighted by atomic mass is 16.5. The van der Waals surface area contributed by atoms with Crippen molar-refractivity contribution in [1.82, 2.24) is 20.7 Å². The molecule has 0 bridgehead atoms. The van der Waals surface area contributed by atoms with Gasteiger partial charge in [-0.3, -0.25) is 24.4 Å². The van der Waals surface area contributed by atoms with Gasteiger partial charge in [-0.2, -0.15) is 0 Å². The van der Waals surface area contributed by atoms with E-state index in [1.807, 2.05) is 51.1 Å². The van der Waals surface area contributed by atoms with Crippen LogP contribution in [0.2, 0.25) is 0 Å². The van der Waals surface area contributed by atoms with Gasteiger partial charge in [0.05, 0.1) is 5.69 Å². The summed E-state index contributed by atoms with van der Waals surface area (Å²) in [6, 6.07) is 6.31. The van der Waals surface area contributed by atoms with Gasteiger partial charge in [-0.05, 0) is 74.6 Å². The van der Waals surface area contributed by atoms with E-state index in [1.54, 1.807) is 19.2 Å². The number of hydrazine groups is 1. The van der Waals surface area contributed by atoms with E-state index < -0.39 is 30.3 Å². The third-order valence-electron chi connectivity index (χ3n) is 6.92. The number of carbonyl (C=O) groups excluding carboxylic acids is 3. The van der Waals surface area contributed by atoms with Crippen LogP contribution in [0.4, 0.5) is 0 Å². The molecule has 40 heavy (non-hydrogen) atoms. The Bertz CT molecular complexity index is 1210. The SMILES string of the molecule is C=CCCCOC(C(=O)NC(C)C(=O)N1CCCC(C(=O)OC(C)c2ccc3cnc(C=C)cc3c2)N1)C(C)C. The van der Waals surface area contributed by atoms with Gasteiger partial charge >= 0.3 is 5.97 Å². The number of hydrogen-bond acceptors (Lipinski definition) is 7. The van der Waals surface area contributed by atoms with Gasteiger partial charge in [0.25, 0.3) is 5.91 Å². The highest BCUT2D eigenvalue weighted by Crippen LogP contribution is 2.24. The maximum Gasteiger partial charge on any atom is 0.325 e. The molecule has 1 fully saturated rings. The summed E-state index contributed by atoms with van der Waals surface area (Å²) in [6.07, 6.45) is 6.89. The molecule has 0 aliphatic carbocycles. The number of carbonyl (C=O) groups is 3. The molecular weight excluding hydrogens is 508 g/mol. The van der Waals surface area contributed by atoms with Crippen LogP contribution in [0.5, 0.6) is 0 Å². The van der Waals surface area contributed by atoms with Gasteiger partial charge in [-0.25, -0.2) is 5.43 Å². The summed E-state index contributed by atoms with van der Waals surface area (Å²) in [4.78, 5) is 43.4. The van der Waals surface area contributed by atoms with Crippen LogP contribution >= 0.6 is 0 Å². The van der Waals surface area contributed by atoms with Gasteiger partial charge in [0, 0.05) is 24.7 Å². The van der Waals surface area contributed by atoms with Crippen LogP contribution in [0.1, 0.15) is 70.7 Å². The fourth-order valence-electron chi connectivity index (χ4n) is 4.58. The number of ether oxygens (including phenoxy) is 2. The van der Waals surface area contributed by atoms with Crippen LogP contribution in [0.25, 0.3) is 16.8 Å². The van der Waals surface area contributed by atoms with E-state index in [4.69, 9.17) is 9.47 Å². The molecule has 0 spiro atoms. The minimum Gasteiger partial charge on any atom is -0.457 e. The molecule has 0 radical (unpaired) electrons. The van der Waals surface area contributed by atoms with E-state index in [2.05, 4.69) is 28.9 Å². The highest BCUT2D eigenvalue weighted by molar-refractivity contribution is 5.89. The summed E-state index contributed by atoms with van der Waals surface area (Å²) in [5.41, 5.74) is 4.63. The highest BCUT2D eigenvalue weighted by Gasteiger charge is 2.33. The average Bonchev–Trinajstić information content (AvgIpc) is 2.95. The number of benzene rings is 1. The molecule has 1 aliphatic rings. The number of allylic oxidation sites excluding steroid dienone is 1. The lowest BCUT2D eigenvalue weighted by Gasteiger charge is -2.35. The summed E-state index contributed by atoms with van der Waals surface area (Å²) in [5.74, 6) is -1.14. The quantitative estimate of drug-likeness (QED) is 0.215. The van der Waals surface area contributed by atoms with Crippen LogP contribution < -0.4 is 10.7 Å². The number of unbranched alkanes of at least 4 members (excludes halogenated alkanes) is 1. The number of pyridine rings is 1. The van der Waals surface area contributed by atoms with Crippen molar-refractivity contribution >= 4 is 34.6 Å². The number of esters is 1. The van der Waals surface area contributed by atoms with Crippen LogP contribution in [0, 0.1) is 5.92 Å². The Morgan fingerprint density at radius 1 is 1.18 bits per heavy atom. The summed E-state index contributed by atoms with van der Waals surface area (Å²) < 4.78 is 11.6. The summed E-state index contributed by atoms with van der Waals surface area (Å²) >= 11 is 0. The monoisotopic (exact) mass is 550 g/mol. The Hall–Kier alpha value is -3.56. The normalized spacial score (nSPS) is 17.6. The van der Waals surface area contributed by atoms with Crippen molar-refractivity contribution in [3.8, 4) is 0 Å².